The van der Waals surface area contributed by atoms with Crippen molar-refractivity contribution in [2.24, 2.45) is 5.92 Å². The lowest BCUT2D eigenvalue weighted by Gasteiger charge is -2.27. The summed E-state index contributed by atoms with van der Waals surface area (Å²) in [6, 6.07) is 0. The largest absolute Gasteiger partial charge is 0.373 e. The second-order valence-electron chi connectivity index (χ2n) is 4.48. The molecule has 1 unspecified atom stereocenters. The van der Waals surface area contributed by atoms with Crippen LogP contribution in [0.15, 0.2) is 11.6 Å². The van der Waals surface area contributed by atoms with Crippen LogP contribution in [0.1, 0.15) is 39.0 Å². The van der Waals surface area contributed by atoms with Crippen LogP contribution in [0.25, 0.3) is 0 Å². The highest BCUT2D eigenvalue weighted by atomic mass is 16.5. The monoisotopic (exact) mass is 194 g/mol. The number of ether oxygens (including phenoxy) is 1. The number of Topliss-reactive ketones (excluding diaryl/α,β-unsaturated/α-hetero) is 1. The smallest absolute Gasteiger partial charge is 0.161 e. The maximum Gasteiger partial charge on any atom is 0.161 e. The first kappa shape index (κ1) is 9.91. The van der Waals surface area contributed by atoms with Crippen molar-refractivity contribution in [1.29, 1.82) is 0 Å². The van der Waals surface area contributed by atoms with Crippen molar-refractivity contribution in [1.82, 2.24) is 0 Å². The third-order valence-corrected chi connectivity index (χ3v) is 3.12. The molecule has 0 aromatic carbocycles. The molecule has 0 saturated carbocycles. The van der Waals surface area contributed by atoms with Gasteiger partial charge in [-0.15, -0.1) is 0 Å². The van der Waals surface area contributed by atoms with E-state index in [9.17, 15) is 4.79 Å². The molecule has 0 radical (unpaired) electrons. The van der Waals surface area contributed by atoms with Crippen molar-refractivity contribution in [2.45, 2.75) is 45.1 Å². The predicted octanol–water partition coefficient (Wildman–Crippen LogP) is 2.48. The number of rotatable bonds is 1. The molecule has 1 fully saturated rings. The van der Waals surface area contributed by atoms with Crippen LogP contribution in [0.3, 0.4) is 0 Å². The average molecular weight is 194 g/mol. The zero-order valence-corrected chi connectivity index (χ0v) is 8.79. The molecule has 2 rings (SSSR count). The normalized spacial score (nSPS) is 34.1. The van der Waals surface area contributed by atoms with E-state index >= 15 is 0 Å². The highest BCUT2D eigenvalue weighted by Gasteiger charge is 2.27. The van der Waals surface area contributed by atoms with Gasteiger partial charge in [0.1, 0.15) is 0 Å². The highest BCUT2D eigenvalue weighted by molar-refractivity contribution is 5.97. The summed E-state index contributed by atoms with van der Waals surface area (Å²) in [6.07, 6.45) is 7.35. The molecule has 14 heavy (non-hydrogen) atoms. The van der Waals surface area contributed by atoms with Crippen molar-refractivity contribution in [3.8, 4) is 0 Å². The van der Waals surface area contributed by atoms with Crippen molar-refractivity contribution in [2.75, 3.05) is 6.61 Å². The van der Waals surface area contributed by atoms with Crippen LogP contribution in [0.2, 0.25) is 0 Å². The van der Waals surface area contributed by atoms with Crippen LogP contribution >= 0.6 is 0 Å². The van der Waals surface area contributed by atoms with Crippen LogP contribution in [-0.2, 0) is 9.53 Å². The lowest BCUT2D eigenvalue weighted by molar-refractivity contribution is -0.118. The predicted molar refractivity (Wildman–Crippen MR) is 55.1 cm³/mol. The molecule has 0 bridgehead atoms. The molecular weight excluding hydrogens is 176 g/mol. The number of ketones is 1. The fraction of sp³-hybridized carbons (Fsp3) is 0.750. The summed E-state index contributed by atoms with van der Waals surface area (Å²) < 4.78 is 5.63. The van der Waals surface area contributed by atoms with Gasteiger partial charge in [-0.25, -0.2) is 0 Å². The van der Waals surface area contributed by atoms with Gasteiger partial charge in [0, 0.05) is 18.6 Å². The van der Waals surface area contributed by atoms with Gasteiger partial charge in [0.25, 0.3) is 0 Å². The van der Waals surface area contributed by atoms with E-state index in [0.717, 1.165) is 31.4 Å². The molecule has 2 atom stereocenters. The first-order valence-electron chi connectivity index (χ1n) is 5.62. The third-order valence-electron chi connectivity index (χ3n) is 3.12. The van der Waals surface area contributed by atoms with E-state index in [-0.39, 0.29) is 6.10 Å². The second-order valence-corrected chi connectivity index (χ2v) is 4.48. The standard InChI is InChI=1S/C12H18O2/c1-9-5-6-10(11(13)8-9)12-4-2-3-7-14-12/h6,9,12H,2-5,7-8H2,1H3/t9-,12?/m1/s1. The summed E-state index contributed by atoms with van der Waals surface area (Å²) in [5, 5.41) is 0. The molecule has 2 heteroatoms. The highest BCUT2D eigenvalue weighted by Crippen LogP contribution is 2.27. The number of allylic oxidation sites excluding steroid dienone is 1. The van der Waals surface area contributed by atoms with E-state index in [1.54, 1.807) is 0 Å². The van der Waals surface area contributed by atoms with Gasteiger partial charge in [-0.3, -0.25) is 4.79 Å². The lowest BCUT2D eigenvalue weighted by atomic mass is 9.85. The fourth-order valence-corrected chi connectivity index (χ4v) is 2.26. The van der Waals surface area contributed by atoms with Crippen molar-refractivity contribution < 1.29 is 9.53 Å². The van der Waals surface area contributed by atoms with Crippen LogP contribution < -0.4 is 0 Å². The molecule has 2 aliphatic rings. The lowest BCUT2D eigenvalue weighted by Crippen LogP contribution is -2.28. The summed E-state index contributed by atoms with van der Waals surface area (Å²) in [5.41, 5.74) is 0.961. The molecule has 1 aliphatic heterocycles. The Hall–Kier alpha value is -0.630. The Balaban J connectivity index is 2.05. The van der Waals surface area contributed by atoms with Crippen molar-refractivity contribution in [3.05, 3.63) is 11.6 Å². The molecule has 2 nitrogen and oxygen atoms in total. The topological polar surface area (TPSA) is 26.3 Å². The Kier molecular flexibility index (Phi) is 3.02. The van der Waals surface area contributed by atoms with Crippen LogP contribution in [0.5, 0.6) is 0 Å². The first-order valence-corrected chi connectivity index (χ1v) is 5.62. The number of carbonyl (C=O) groups is 1. The molecule has 0 N–H and O–H groups in total. The minimum atomic E-state index is 0.115. The summed E-state index contributed by atoms with van der Waals surface area (Å²) >= 11 is 0. The molecule has 78 valence electrons. The Bertz CT molecular complexity index is 249. The van der Waals surface area contributed by atoms with Gasteiger partial charge in [-0.05, 0) is 31.6 Å². The van der Waals surface area contributed by atoms with Gasteiger partial charge in [-0.2, -0.15) is 0 Å². The first-order chi connectivity index (χ1) is 6.77. The van der Waals surface area contributed by atoms with E-state index in [1.807, 2.05) is 0 Å². The number of carbonyl (C=O) groups excluding carboxylic acids is 1. The van der Waals surface area contributed by atoms with E-state index in [0.29, 0.717) is 18.1 Å². The average Bonchev–Trinajstić information content (AvgIpc) is 2.19. The summed E-state index contributed by atoms with van der Waals surface area (Å²) in [7, 11) is 0. The summed E-state index contributed by atoms with van der Waals surface area (Å²) in [6.45, 7) is 2.96. The fourth-order valence-electron chi connectivity index (χ4n) is 2.26. The Morgan fingerprint density at radius 2 is 2.29 bits per heavy atom. The van der Waals surface area contributed by atoms with Crippen LogP contribution in [0, 0.1) is 5.92 Å². The zero-order chi connectivity index (χ0) is 9.97. The van der Waals surface area contributed by atoms with E-state index < -0.39 is 0 Å². The summed E-state index contributed by atoms with van der Waals surface area (Å²) in [4.78, 5) is 11.8. The van der Waals surface area contributed by atoms with E-state index in [2.05, 4.69) is 13.0 Å². The zero-order valence-electron chi connectivity index (χ0n) is 8.79. The van der Waals surface area contributed by atoms with Gasteiger partial charge in [0.2, 0.25) is 0 Å². The quantitative estimate of drug-likeness (QED) is 0.641. The van der Waals surface area contributed by atoms with E-state index in [1.165, 1.54) is 6.42 Å². The SMILES string of the molecule is C[C@@H]1CC=C(C2CCCCO2)C(=O)C1. The van der Waals surface area contributed by atoms with Gasteiger partial charge in [0.05, 0.1) is 6.10 Å². The molecule has 0 amide bonds. The third kappa shape index (κ3) is 2.06. The molecule has 1 saturated heterocycles. The number of hydrogen-bond acceptors (Lipinski definition) is 2. The maximum atomic E-state index is 11.8. The molecular formula is C12H18O2. The molecule has 0 aromatic heterocycles. The Morgan fingerprint density at radius 1 is 1.43 bits per heavy atom. The molecule has 1 heterocycles. The number of hydrogen-bond donors (Lipinski definition) is 0. The van der Waals surface area contributed by atoms with Crippen molar-refractivity contribution >= 4 is 5.78 Å². The Morgan fingerprint density at radius 3 is 2.93 bits per heavy atom. The Labute approximate surface area is 85.3 Å². The van der Waals surface area contributed by atoms with Gasteiger partial charge >= 0.3 is 0 Å². The molecule has 1 aliphatic carbocycles. The molecule has 0 spiro atoms. The van der Waals surface area contributed by atoms with Gasteiger partial charge in [-0.1, -0.05) is 13.0 Å². The van der Waals surface area contributed by atoms with E-state index in [4.69, 9.17) is 4.74 Å². The maximum absolute atomic E-state index is 11.8. The van der Waals surface area contributed by atoms with Crippen LogP contribution in [-0.4, -0.2) is 18.5 Å². The van der Waals surface area contributed by atoms with Gasteiger partial charge in [0.15, 0.2) is 5.78 Å². The minimum absolute atomic E-state index is 0.115. The van der Waals surface area contributed by atoms with Crippen LogP contribution in [0.4, 0.5) is 0 Å². The second kappa shape index (κ2) is 4.26. The van der Waals surface area contributed by atoms with Crippen molar-refractivity contribution in [3.63, 3.8) is 0 Å². The molecule has 0 aromatic rings. The van der Waals surface area contributed by atoms with Gasteiger partial charge < -0.3 is 4.74 Å². The summed E-state index contributed by atoms with van der Waals surface area (Å²) in [5.74, 6) is 0.838. The minimum Gasteiger partial charge on any atom is -0.373 e.